The van der Waals surface area contributed by atoms with Crippen LogP contribution in [0, 0.1) is 6.92 Å². The minimum absolute atomic E-state index is 0.0673. The van der Waals surface area contributed by atoms with Crippen LogP contribution in [0.25, 0.3) is 0 Å². The summed E-state index contributed by atoms with van der Waals surface area (Å²) in [7, 11) is 0. The Bertz CT molecular complexity index is 435. The Kier molecular flexibility index (Phi) is 16.0. The van der Waals surface area contributed by atoms with Gasteiger partial charge >= 0.3 is 0 Å². The van der Waals surface area contributed by atoms with Gasteiger partial charge in [-0.3, -0.25) is 9.59 Å². The highest BCUT2D eigenvalue weighted by Gasteiger charge is 2.16. The van der Waals surface area contributed by atoms with Crippen LogP contribution in [0.1, 0.15) is 25.8 Å². The highest BCUT2D eigenvalue weighted by atomic mass is 16.2. The molecule has 0 aromatic heterocycles. The second kappa shape index (κ2) is 16.0. The number of benzene rings is 1. The molecule has 6 N–H and O–H groups in total. The van der Waals surface area contributed by atoms with Gasteiger partial charge in [-0.2, -0.15) is 0 Å². The van der Waals surface area contributed by atoms with Crippen LogP contribution in [0.15, 0.2) is 43.1 Å². The number of aryl methyl sites for hydroxylation is 1. The van der Waals surface area contributed by atoms with Crippen LogP contribution >= 0.6 is 0 Å². The van der Waals surface area contributed by atoms with E-state index < -0.39 is 11.9 Å². The Labute approximate surface area is 139 Å². The second-order valence-electron chi connectivity index (χ2n) is 4.34. The summed E-state index contributed by atoms with van der Waals surface area (Å²) in [6.07, 6.45) is 1.73. The third-order valence-electron chi connectivity index (χ3n) is 2.48. The molecule has 2 amide bonds. The third-order valence-corrected chi connectivity index (χ3v) is 2.48. The molecule has 6 heteroatoms. The van der Waals surface area contributed by atoms with Crippen molar-refractivity contribution in [3.63, 3.8) is 0 Å². The Balaban J connectivity index is 0. The molecule has 1 aromatic carbocycles. The van der Waals surface area contributed by atoms with Crippen molar-refractivity contribution < 1.29 is 9.59 Å². The number of rotatable bonds is 7. The fraction of sp³-hybridized carbons (Fsp3) is 0.412. The lowest BCUT2D eigenvalue weighted by Gasteiger charge is -2.14. The van der Waals surface area contributed by atoms with Gasteiger partial charge in [-0.15, -0.1) is 0 Å². The Morgan fingerprint density at radius 3 is 2.17 bits per heavy atom. The van der Waals surface area contributed by atoms with E-state index in [1.165, 1.54) is 11.8 Å². The molecule has 1 unspecified atom stereocenters. The molecule has 6 nitrogen and oxygen atoms in total. The summed E-state index contributed by atoms with van der Waals surface area (Å²) in [5.41, 5.74) is 11.6. The van der Waals surface area contributed by atoms with E-state index in [0.717, 1.165) is 0 Å². The van der Waals surface area contributed by atoms with Crippen molar-refractivity contribution in [3.8, 4) is 0 Å². The van der Waals surface area contributed by atoms with Crippen molar-refractivity contribution in [2.24, 2.45) is 11.5 Å². The molecular formula is C17H30N4O2. The first-order valence-corrected chi connectivity index (χ1v) is 7.66. The first kappa shape index (κ1) is 22.9. The van der Waals surface area contributed by atoms with E-state index in [2.05, 4.69) is 36.3 Å². The molecule has 1 rings (SSSR count). The van der Waals surface area contributed by atoms with E-state index in [4.69, 9.17) is 11.5 Å². The lowest BCUT2D eigenvalue weighted by Crippen LogP contribution is -2.47. The maximum absolute atomic E-state index is 11.1. The molecule has 0 aliphatic carbocycles. The summed E-state index contributed by atoms with van der Waals surface area (Å²) in [6.45, 7) is 9.83. The fourth-order valence-electron chi connectivity index (χ4n) is 1.40. The topological polar surface area (TPSA) is 110 Å². The van der Waals surface area contributed by atoms with Crippen LogP contribution < -0.4 is 22.1 Å². The summed E-state index contributed by atoms with van der Waals surface area (Å²) in [6, 6.07) is 9.57. The van der Waals surface area contributed by atoms with Gasteiger partial charge in [-0.05, 0) is 26.1 Å². The SMILES string of the molecule is C=CNCC(=O)NC(CCN)C(N)=O.CC.Cc1ccccc1. The largest absolute Gasteiger partial charge is 0.383 e. The van der Waals surface area contributed by atoms with Crippen molar-refractivity contribution >= 4 is 11.8 Å². The van der Waals surface area contributed by atoms with Gasteiger partial charge in [-0.1, -0.05) is 56.3 Å². The van der Waals surface area contributed by atoms with Crippen LogP contribution in [0.2, 0.25) is 0 Å². The van der Waals surface area contributed by atoms with Gasteiger partial charge in [0.2, 0.25) is 11.8 Å². The lowest BCUT2D eigenvalue weighted by molar-refractivity contribution is -0.126. The maximum atomic E-state index is 11.1. The zero-order chi connectivity index (χ0) is 18.1. The number of carbonyl (C=O) groups is 2. The second-order valence-corrected chi connectivity index (χ2v) is 4.34. The molecular weight excluding hydrogens is 292 g/mol. The summed E-state index contributed by atoms with van der Waals surface area (Å²) >= 11 is 0. The average Bonchev–Trinajstić information content (AvgIpc) is 2.55. The molecule has 0 aliphatic heterocycles. The van der Waals surface area contributed by atoms with Crippen molar-refractivity contribution in [2.45, 2.75) is 33.2 Å². The smallest absolute Gasteiger partial charge is 0.240 e. The van der Waals surface area contributed by atoms with Gasteiger partial charge < -0.3 is 22.1 Å². The number of nitrogens with two attached hydrogens (primary N) is 2. The maximum Gasteiger partial charge on any atom is 0.240 e. The van der Waals surface area contributed by atoms with Gasteiger partial charge in [-0.25, -0.2) is 0 Å². The van der Waals surface area contributed by atoms with Gasteiger partial charge in [0.1, 0.15) is 6.04 Å². The predicted molar refractivity (Wildman–Crippen MR) is 95.5 cm³/mol. The molecule has 0 bridgehead atoms. The van der Waals surface area contributed by atoms with Gasteiger partial charge in [0, 0.05) is 0 Å². The van der Waals surface area contributed by atoms with E-state index in [1.807, 2.05) is 32.0 Å². The van der Waals surface area contributed by atoms with Crippen LogP contribution in [0.4, 0.5) is 0 Å². The van der Waals surface area contributed by atoms with Crippen LogP contribution in [-0.2, 0) is 9.59 Å². The van der Waals surface area contributed by atoms with Crippen molar-refractivity contribution in [1.82, 2.24) is 10.6 Å². The summed E-state index contributed by atoms with van der Waals surface area (Å²) < 4.78 is 0. The number of carbonyl (C=O) groups excluding carboxylic acids is 2. The minimum atomic E-state index is -0.695. The van der Waals surface area contributed by atoms with Gasteiger partial charge in [0.05, 0.1) is 6.54 Å². The highest BCUT2D eigenvalue weighted by molar-refractivity contribution is 5.87. The average molecular weight is 322 g/mol. The molecule has 0 aliphatic rings. The Morgan fingerprint density at radius 1 is 1.26 bits per heavy atom. The van der Waals surface area contributed by atoms with Crippen molar-refractivity contribution in [1.29, 1.82) is 0 Å². The predicted octanol–water partition coefficient (Wildman–Crippen LogP) is 1.06. The molecule has 0 spiro atoms. The van der Waals surface area contributed by atoms with E-state index >= 15 is 0 Å². The molecule has 1 aromatic rings. The fourth-order valence-corrected chi connectivity index (χ4v) is 1.40. The number of amides is 2. The van der Waals surface area contributed by atoms with Gasteiger partial charge in [0.25, 0.3) is 0 Å². The molecule has 0 radical (unpaired) electrons. The van der Waals surface area contributed by atoms with E-state index in [9.17, 15) is 9.59 Å². The quantitative estimate of drug-likeness (QED) is 0.601. The number of hydrogen-bond donors (Lipinski definition) is 4. The zero-order valence-electron chi connectivity index (χ0n) is 14.3. The number of nitrogens with one attached hydrogen (secondary N) is 2. The first-order valence-electron chi connectivity index (χ1n) is 7.66. The Hall–Kier alpha value is -2.34. The summed E-state index contributed by atoms with van der Waals surface area (Å²) in [4.78, 5) is 21.9. The van der Waals surface area contributed by atoms with E-state index in [-0.39, 0.29) is 12.5 Å². The monoisotopic (exact) mass is 322 g/mol. The third kappa shape index (κ3) is 14.4. The molecule has 130 valence electrons. The van der Waals surface area contributed by atoms with E-state index in [1.54, 1.807) is 0 Å². The molecule has 0 fully saturated rings. The van der Waals surface area contributed by atoms with E-state index in [0.29, 0.717) is 13.0 Å². The normalized spacial score (nSPS) is 9.91. The van der Waals surface area contributed by atoms with Crippen LogP contribution in [0.3, 0.4) is 0 Å². The van der Waals surface area contributed by atoms with Gasteiger partial charge in [0.15, 0.2) is 0 Å². The standard InChI is InChI=1S/C8H16N4O2.C7H8.C2H6/c1-2-11-5-7(13)12-6(3-4-9)8(10)14;1-7-5-3-2-4-6-7;1-2/h2,6,11H,1,3-5,9H2,(H2,10,14)(H,12,13);2-6H,1H3;1-2H3. The van der Waals surface area contributed by atoms with Crippen molar-refractivity contribution in [3.05, 3.63) is 48.7 Å². The summed E-state index contributed by atoms with van der Waals surface area (Å²) in [5.74, 6) is -0.899. The van der Waals surface area contributed by atoms with Crippen LogP contribution in [0.5, 0.6) is 0 Å². The minimum Gasteiger partial charge on any atom is -0.383 e. The molecule has 23 heavy (non-hydrogen) atoms. The molecule has 0 saturated heterocycles. The number of hydrogen-bond acceptors (Lipinski definition) is 4. The highest BCUT2D eigenvalue weighted by Crippen LogP contribution is 1.92. The first-order chi connectivity index (χ1) is 11.0. The molecule has 0 saturated carbocycles. The lowest BCUT2D eigenvalue weighted by atomic mass is 10.2. The zero-order valence-corrected chi connectivity index (χ0v) is 14.3. The van der Waals surface area contributed by atoms with Crippen LogP contribution in [-0.4, -0.2) is 30.9 Å². The molecule has 1 atom stereocenters. The molecule has 0 heterocycles. The summed E-state index contributed by atoms with van der Waals surface area (Å²) in [5, 5.41) is 5.05. The Morgan fingerprint density at radius 2 is 1.83 bits per heavy atom. The number of primary amides is 1. The van der Waals surface area contributed by atoms with Crippen molar-refractivity contribution in [2.75, 3.05) is 13.1 Å².